The SMILES string of the molecule is Cc1c(NC(=O)c2cc(C3CC3)c(CN3CC(O)C3)cn2)cccc1-c1cccc(NC(=O)c2cc(C3CC3)c(CN3CCCC[C@H]3C(=O)O)cn2)c1C. The first-order valence-corrected chi connectivity index (χ1v) is 19.3. The maximum absolute atomic E-state index is 13.7. The van der Waals surface area contributed by atoms with Gasteiger partial charge in [-0.05, 0) is 140 Å². The Morgan fingerprint density at radius 3 is 1.74 bits per heavy atom. The molecule has 0 radical (unpaired) electrons. The molecule has 0 spiro atoms. The molecule has 0 bridgehead atoms. The Kier molecular flexibility index (Phi) is 10.0. The van der Waals surface area contributed by atoms with Gasteiger partial charge in [0.25, 0.3) is 11.8 Å². The van der Waals surface area contributed by atoms with Crippen molar-refractivity contribution < 1.29 is 24.6 Å². The van der Waals surface area contributed by atoms with E-state index in [1.807, 2.05) is 73.5 Å². The summed E-state index contributed by atoms with van der Waals surface area (Å²) in [5.74, 6) is -0.519. The maximum atomic E-state index is 13.7. The highest BCUT2D eigenvalue weighted by Crippen LogP contribution is 2.43. The number of carboxylic acid groups (broad SMARTS) is 1. The van der Waals surface area contributed by atoms with Gasteiger partial charge in [-0.1, -0.05) is 30.7 Å². The van der Waals surface area contributed by atoms with Crippen molar-refractivity contribution in [3.63, 3.8) is 0 Å². The second-order valence-corrected chi connectivity index (χ2v) is 15.6. The van der Waals surface area contributed by atoms with Crippen LogP contribution < -0.4 is 10.6 Å². The summed E-state index contributed by atoms with van der Waals surface area (Å²) in [6.07, 6.45) is 10.2. The molecular weight excluding hydrogens is 681 g/mol. The normalized spacial score (nSPS) is 19.3. The van der Waals surface area contributed by atoms with Gasteiger partial charge in [0.1, 0.15) is 17.4 Å². The van der Waals surface area contributed by atoms with Crippen molar-refractivity contribution in [1.82, 2.24) is 19.8 Å². The van der Waals surface area contributed by atoms with E-state index in [0.717, 1.165) is 90.6 Å². The Hall–Kier alpha value is -4.97. The molecule has 280 valence electrons. The van der Waals surface area contributed by atoms with E-state index in [1.54, 1.807) is 6.20 Å². The van der Waals surface area contributed by atoms with E-state index in [-0.39, 0.29) is 17.9 Å². The van der Waals surface area contributed by atoms with Crippen molar-refractivity contribution >= 4 is 29.2 Å². The standard InChI is InChI=1S/C43H48N6O5/c1-25-32(7-5-9-36(25)46-41(51)38-17-34(27-12-13-27)29(19-44-38)21-48-23-31(50)24-48)33-8-6-10-37(26(33)2)47-42(52)39-18-35(28-14-15-28)30(20-45-39)22-49-16-4-3-11-40(49)43(53)54/h5-10,17-20,27-28,31,40,50H,3-4,11-16,21-24H2,1-2H3,(H,46,51)(H,47,52)(H,53,54)/t40-/m0/s1. The molecule has 1 atom stereocenters. The minimum absolute atomic E-state index is 0.259. The van der Waals surface area contributed by atoms with Crippen molar-refractivity contribution in [2.75, 3.05) is 30.3 Å². The van der Waals surface area contributed by atoms with Gasteiger partial charge >= 0.3 is 5.97 Å². The molecule has 8 rings (SSSR count). The number of benzene rings is 2. The lowest BCUT2D eigenvalue weighted by Gasteiger charge is -2.36. The Morgan fingerprint density at radius 2 is 1.26 bits per heavy atom. The highest BCUT2D eigenvalue weighted by Gasteiger charge is 2.33. The zero-order valence-corrected chi connectivity index (χ0v) is 31.0. The number of hydrogen-bond acceptors (Lipinski definition) is 8. The van der Waals surface area contributed by atoms with Crippen LogP contribution in [-0.2, 0) is 17.9 Å². The number of carbonyl (C=O) groups is 3. The maximum Gasteiger partial charge on any atom is 0.320 e. The minimum atomic E-state index is -0.780. The van der Waals surface area contributed by atoms with Crippen molar-refractivity contribution in [1.29, 1.82) is 0 Å². The number of pyridine rings is 2. The first kappa shape index (κ1) is 36.0. The number of amides is 2. The minimum Gasteiger partial charge on any atom is -0.480 e. The van der Waals surface area contributed by atoms with Crippen LogP contribution in [0.15, 0.2) is 60.9 Å². The highest BCUT2D eigenvalue weighted by molar-refractivity contribution is 6.05. The fourth-order valence-electron chi connectivity index (χ4n) is 8.15. The Labute approximate surface area is 315 Å². The summed E-state index contributed by atoms with van der Waals surface area (Å²) in [6.45, 7) is 7.29. The van der Waals surface area contributed by atoms with Crippen LogP contribution in [0.25, 0.3) is 11.1 Å². The topological polar surface area (TPSA) is 148 Å². The predicted octanol–water partition coefficient (Wildman–Crippen LogP) is 6.64. The van der Waals surface area contributed by atoms with Gasteiger partial charge < -0.3 is 20.8 Å². The second kappa shape index (κ2) is 15.0. The largest absolute Gasteiger partial charge is 0.480 e. The summed E-state index contributed by atoms with van der Waals surface area (Å²) in [5, 5.41) is 25.7. The third-order valence-corrected chi connectivity index (χ3v) is 11.6. The van der Waals surface area contributed by atoms with Crippen LogP contribution in [0.1, 0.15) is 111 Å². The van der Waals surface area contributed by atoms with E-state index in [2.05, 4.69) is 25.5 Å². The van der Waals surface area contributed by atoms with Gasteiger partial charge in [0.05, 0.1) is 6.10 Å². The first-order valence-electron chi connectivity index (χ1n) is 19.3. The zero-order valence-electron chi connectivity index (χ0n) is 31.0. The summed E-state index contributed by atoms with van der Waals surface area (Å²) in [4.78, 5) is 52.5. The molecule has 2 saturated carbocycles. The Balaban J connectivity index is 0.979. The Bertz CT molecular complexity index is 2100. The number of aliphatic hydroxyl groups is 1. The van der Waals surface area contributed by atoms with E-state index >= 15 is 0 Å². The second-order valence-electron chi connectivity index (χ2n) is 15.6. The molecular formula is C43H48N6O5. The molecule has 2 amide bonds. The molecule has 4 aliphatic rings. The smallest absolute Gasteiger partial charge is 0.320 e. The molecule has 2 aliphatic carbocycles. The van der Waals surface area contributed by atoms with E-state index in [0.29, 0.717) is 60.7 Å². The van der Waals surface area contributed by atoms with Gasteiger partial charge in [-0.3, -0.25) is 34.2 Å². The zero-order chi connectivity index (χ0) is 37.5. The fourth-order valence-corrected chi connectivity index (χ4v) is 8.15. The van der Waals surface area contributed by atoms with Crippen LogP contribution in [0.2, 0.25) is 0 Å². The number of aliphatic carboxylic acids is 1. The summed E-state index contributed by atoms with van der Waals surface area (Å²) in [7, 11) is 0. The monoisotopic (exact) mass is 728 g/mol. The van der Waals surface area contributed by atoms with Crippen molar-refractivity contribution in [2.24, 2.45) is 0 Å². The molecule has 2 aromatic carbocycles. The summed E-state index contributed by atoms with van der Waals surface area (Å²) in [6, 6.07) is 15.0. The third-order valence-electron chi connectivity index (χ3n) is 11.6. The molecule has 11 nitrogen and oxygen atoms in total. The van der Waals surface area contributed by atoms with E-state index in [4.69, 9.17) is 0 Å². The summed E-state index contributed by atoms with van der Waals surface area (Å²) >= 11 is 0. The predicted molar refractivity (Wildman–Crippen MR) is 207 cm³/mol. The lowest BCUT2D eigenvalue weighted by Crippen LogP contribution is -2.49. The quantitative estimate of drug-likeness (QED) is 0.126. The number of carbonyl (C=O) groups excluding carboxylic acids is 2. The van der Waals surface area contributed by atoms with E-state index in [9.17, 15) is 24.6 Å². The van der Waals surface area contributed by atoms with E-state index in [1.165, 1.54) is 5.56 Å². The average molecular weight is 729 g/mol. The van der Waals surface area contributed by atoms with Gasteiger partial charge in [0.2, 0.25) is 0 Å². The number of nitrogens with zero attached hydrogens (tertiary/aromatic N) is 4. The van der Waals surface area contributed by atoms with Crippen molar-refractivity contribution in [2.45, 2.75) is 95.9 Å². The van der Waals surface area contributed by atoms with Gasteiger partial charge in [-0.15, -0.1) is 0 Å². The molecule has 4 fully saturated rings. The number of likely N-dealkylation sites (tertiary alicyclic amines) is 2. The molecule has 0 unspecified atom stereocenters. The van der Waals surface area contributed by atoms with Crippen LogP contribution in [0.3, 0.4) is 0 Å². The van der Waals surface area contributed by atoms with Crippen LogP contribution in [0, 0.1) is 13.8 Å². The lowest BCUT2D eigenvalue weighted by molar-refractivity contribution is -0.144. The molecule has 11 heteroatoms. The number of rotatable bonds is 12. The molecule has 2 saturated heterocycles. The number of anilines is 2. The first-order chi connectivity index (χ1) is 26.1. The molecule has 4 aromatic rings. The number of aromatic nitrogens is 2. The number of nitrogens with one attached hydrogen (secondary N) is 2. The van der Waals surface area contributed by atoms with Gasteiger partial charge in [0, 0.05) is 49.9 Å². The molecule has 4 N–H and O–H groups in total. The van der Waals surface area contributed by atoms with Gasteiger partial charge in [-0.25, -0.2) is 0 Å². The van der Waals surface area contributed by atoms with Crippen LogP contribution in [-0.4, -0.2) is 79.5 Å². The van der Waals surface area contributed by atoms with Crippen LogP contribution in [0.4, 0.5) is 11.4 Å². The van der Waals surface area contributed by atoms with Crippen LogP contribution >= 0.6 is 0 Å². The highest BCUT2D eigenvalue weighted by atomic mass is 16.4. The number of hydrogen-bond donors (Lipinski definition) is 4. The molecule has 2 aliphatic heterocycles. The van der Waals surface area contributed by atoms with Crippen LogP contribution in [0.5, 0.6) is 0 Å². The number of piperidine rings is 1. The van der Waals surface area contributed by atoms with Crippen molar-refractivity contribution in [3.05, 3.63) is 106 Å². The summed E-state index contributed by atoms with van der Waals surface area (Å²) in [5.41, 5.74) is 10.2. The Morgan fingerprint density at radius 1 is 0.741 bits per heavy atom. The van der Waals surface area contributed by atoms with Crippen molar-refractivity contribution in [3.8, 4) is 11.1 Å². The lowest BCUT2D eigenvalue weighted by atomic mass is 9.94. The summed E-state index contributed by atoms with van der Waals surface area (Å²) < 4.78 is 0. The number of β-amino-alcohol motifs (C(OH)–C–C–N with tert-alkyl or cyclic N) is 1. The molecule has 2 aromatic heterocycles. The number of aliphatic hydroxyl groups excluding tert-OH is 1. The van der Waals surface area contributed by atoms with Gasteiger partial charge in [-0.2, -0.15) is 0 Å². The third kappa shape index (κ3) is 7.66. The average Bonchev–Trinajstić information content (AvgIpc) is 4.08. The number of carboxylic acids is 1. The fraction of sp³-hybridized carbons (Fsp3) is 0.419. The van der Waals surface area contributed by atoms with Gasteiger partial charge in [0.15, 0.2) is 0 Å². The van der Waals surface area contributed by atoms with E-state index < -0.39 is 12.0 Å². The molecule has 4 heterocycles. The molecule has 54 heavy (non-hydrogen) atoms.